The smallest absolute Gasteiger partial charge is 0.127 e. The molecule has 0 aliphatic carbocycles. The predicted molar refractivity (Wildman–Crippen MR) is 123 cm³/mol. The Labute approximate surface area is 181 Å². The zero-order valence-corrected chi connectivity index (χ0v) is 18.5. The zero-order valence-electron chi connectivity index (χ0n) is 17.0. The number of fused-ring (bicyclic) bond motifs is 1. The average Bonchev–Trinajstić information content (AvgIpc) is 2.70. The van der Waals surface area contributed by atoms with E-state index in [0.29, 0.717) is 16.6 Å². The largest absolute Gasteiger partial charge is 0.376 e. The predicted octanol–water partition coefficient (Wildman–Crippen LogP) is 4.35. The highest BCUT2D eigenvalue weighted by Gasteiger charge is 2.42. The van der Waals surface area contributed by atoms with Crippen LogP contribution in [0.25, 0.3) is 0 Å². The molecular formula is C21H26Cl2N6. The van der Waals surface area contributed by atoms with Gasteiger partial charge in [0.1, 0.15) is 5.84 Å². The van der Waals surface area contributed by atoms with Crippen LogP contribution in [0.3, 0.4) is 0 Å². The molecule has 0 radical (unpaired) electrons. The molecule has 0 atom stereocenters. The third kappa shape index (κ3) is 4.15. The summed E-state index contributed by atoms with van der Waals surface area (Å²) in [6.07, 6.45) is 5.66. The molecule has 3 heterocycles. The van der Waals surface area contributed by atoms with Gasteiger partial charge in [-0.05, 0) is 43.7 Å². The Morgan fingerprint density at radius 1 is 1.10 bits per heavy atom. The van der Waals surface area contributed by atoms with Crippen molar-refractivity contribution in [3.8, 4) is 0 Å². The average molecular weight is 433 g/mol. The molecule has 2 aliphatic heterocycles. The molecule has 2 aromatic rings. The van der Waals surface area contributed by atoms with Gasteiger partial charge in [0.25, 0.3) is 0 Å². The summed E-state index contributed by atoms with van der Waals surface area (Å²) < 4.78 is 0. The van der Waals surface area contributed by atoms with E-state index in [4.69, 9.17) is 28.2 Å². The fourth-order valence-electron chi connectivity index (χ4n) is 3.85. The van der Waals surface area contributed by atoms with Crippen LogP contribution in [-0.2, 0) is 6.54 Å². The van der Waals surface area contributed by atoms with Crippen molar-refractivity contribution in [2.45, 2.75) is 24.9 Å². The van der Waals surface area contributed by atoms with Gasteiger partial charge in [-0.25, -0.2) is 0 Å². The van der Waals surface area contributed by atoms with E-state index in [2.05, 4.69) is 33.6 Å². The maximum absolute atomic E-state index is 6.26. The van der Waals surface area contributed by atoms with Crippen LogP contribution in [0.2, 0.25) is 10.0 Å². The molecular weight excluding hydrogens is 407 g/mol. The fourth-order valence-corrected chi connectivity index (χ4v) is 4.17. The number of pyridine rings is 1. The molecule has 1 fully saturated rings. The highest BCUT2D eigenvalue weighted by molar-refractivity contribution is 6.42. The molecule has 2 N–H and O–H groups in total. The van der Waals surface area contributed by atoms with Crippen molar-refractivity contribution in [1.82, 2.24) is 9.88 Å². The van der Waals surface area contributed by atoms with Crippen LogP contribution in [0.4, 0.5) is 17.1 Å². The fraction of sp³-hybridized carbons (Fsp3) is 0.429. The third-order valence-electron chi connectivity index (χ3n) is 5.70. The van der Waals surface area contributed by atoms with Gasteiger partial charge in [-0.3, -0.25) is 9.98 Å². The molecule has 4 rings (SSSR count). The summed E-state index contributed by atoms with van der Waals surface area (Å²) in [7, 11) is 6.18. The maximum atomic E-state index is 6.26. The second-order valence-electron chi connectivity index (χ2n) is 8.06. The summed E-state index contributed by atoms with van der Waals surface area (Å²) in [5, 5.41) is 8.35. The Morgan fingerprint density at radius 2 is 1.79 bits per heavy atom. The number of rotatable bonds is 3. The SMILES string of the molecule is CN1CCC2(CC1)Nc1cc(Cl)c(Cl)cc1NC2=NCc1cncc(N(C)C)c1. The Balaban J connectivity index is 1.67. The minimum absolute atomic E-state index is 0.233. The van der Waals surface area contributed by atoms with Crippen molar-refractivity contribution in [2.24, 2.45) is 4.99 Å². The molecule has 1 saturated heterocycles. The van der Waals surface area contributed by atoms with Crippen LogP contribution in [0.5, 0.6) is 0 Å². The molecule has 0 amide bonds. The van der Waals surface area contributed by atoms with Crippen LogP contribution < -0.4 is 15.5 Å². The number of hydrogen-bond donors (Lipinski definition) is 2. The molecule has 8 heteroatoms. The Bertz CT molecular complexity index is 935. The van der Waals surface area contributed by atoms with E-state index in [9.17, 15) is 0 Å². The number of hydrogen-bond acceptors (Lipinski definition) is 5. The van der Waals surface area contributed by atoms with Crippen molar-refractivity contribution in [3.05, 3.63) is 46.2 Å². The molecule has 6 nitrogen and oxygen atoms in total. The summed E-state index contributed by atoms with van der Waals surface area (Å²) in [6, 6.07) is 5.88. The molecule has 1 spiro atoms. The molecule has 1 aromatic heterocycles. The monoisotopic (exact) mass is 432 g/mol. The topological polar surface area (TPSA) is 55.8 Å². The number of aromatic nitrogens is 1. The van der Waals surface area contributed by atoms with E-state index in [1.165, 1.54) is 0 Å². The second kappa shape index (κ2) is 8.01. The number of piperidine rings is 1. The minimum Gasteiger partial charge on any atom is -0.376 e. The van der Waals surface area contributed by atoms with Gasteiger partial charge in [-0.15, -0.1) is 0 Å². The number of halogens is 2. The normalized spacial score (nSPS) is 19.6. The summed E-state index contributed by atoms with van der Waals surface area (Å²) in [4.78, 5) is 13.7. The Kier molecular flexibility index (Phi) is 5.60. The molecule has 154 valence electrons. The maximum Gasteiger partial charge on any atom is 0.127 e. The van der Waals surface area contributed by atoms with Gasteiger partial charge in [0.15, 0.2) is 0 Å². The second-order valence-corrected chi connectivity index (χ2v) is 8.87. The van der Waals surface area contributed by atoms with E-state index < -0.39 is 0 Å². The first-order chi connectivity index (χ1) is 13.9. The highest BCUT2D eigenvalue weighted by atomic mass is 35.5. The van der Waals surface area contributed by atoms with E-state index in [1.807, 2.05) is 43.5 Å². The van der Waals surface area contributed by atoms with Crippen LogP contribution >= 0.6 is 23.2 Å². The first kappa shape index (κ1) is 20.3. The van der Waals surface area contributed by atoms with Crippen molar-refractivity contribution in [2.75, 3.05) is 49.8 Å². The van der Waals surface area contributed by atoms with E-state index >= 15 is 0 Å². The third-order valence-corrected chi connectivity index (χ3v) is 6.42. The lowest BCUT2D eigenvalue weighted by Gasteiger charge is -2.46. The number of anilines is 3. The van der Waals surface area contributed by atoms with Gasteiger partial charge in [-0.2, -0.15) is 0 Å². The number of aliphatic imine (C=N–C) groups is 1. The standard InChI is InChI=1S/C21H26Cl2N6/c1-28(2)15-8-14(11-24-13-15)12-25-20-21(4-6-29(3)7-5-21)27-19-10-17(23)16(22)9-18(19)26-20/h8-11,13,27H,4-7,12H2,1-3H3,(H,25,26). The molecule has 1 aromatic carbocycles. The number of nitrogens with one attached hydrogen (secondary N) is 2. The summed E-state index contributed by atoms with van der Waals surface area (Å²) in [5.74, 6) is 0.951. The van der Waals surface area contributed by atoms with Gasteiger partial charge >= 0.3 is 0 Å². The summed E-state index contributed by atoms with van der Waals surface area (Å²) in [6.45, 7) is 2.57. The van der Waals surface area contributed by atoms with Crippen molar-refractivity contribution in [1.29, 1.82) is 0 Å². The minimum atomic E-state index is -0.233. The van der Waals surface area contributed by atoms with E-state index in [0.717, 1.165) is 54.4 Å². The first-order valence-electron chi connectivity index (χ1n) is 9.75. The molecule has 2 aliphatic rings. The van der Waals surface area contributed by atoms with Crippen LogP contribution in [0, 0.1) is 0 Å². The number of amidine groups is 1. The van der Waals surface area contributed by atoms with E-state index in [1.54, 1.807) is 0 Å². The molecule has 0 bridgehead atoms. The van der Waals surface area contributed by atoms with Crippen molar-refractivity contribution >= 4 is 46.1 Å². The van der Waals surface area contributed by atoms with Gasteiger partial charge in [-0.1, -0.05) is 23.2 Å². The lowest BCUT2D eigenvalue weighted by molar-refractivity contribution is 0.240. The van der Waals surface area contributed by atoms with Crippen LogP contribution in [0.15, 0.2) is 35.6 Å². The number of nitrogens with zero attached hydrogens (tertiary/aromatic N) is 4. The zero-order chi connectivity index (χ0) is 20.6. The van der Waals surface area contributed by atoms with Gasteiger partial charge < -0.3 is 20.4 Å². The van der Waals surface area contributed by atoms with Gasteiger partial charge in [0.05, 0.1) is 45.4 Å². The first-order valence-corrected chi connectivity index (χ1v) is 10.5. The highest BCUT2D eigenvalue weighted by Crippen LogP contribution is 2.40. The van der Waals surface area contributed by atoms with Gasteiger partial charge in [0.2, 0.25) is 0 Å². The van der Waals surface area contributed by atoms with Crippen LogP contribution in [-0.4, -0.2) is 55.5 Å². The number of benzene rings is 1. The Morgan fingerprint density at radius 3 is 2.48 bits per heavy atom. The summed E-state index contributed by atoms with van der Waals surface area (Å²) >= 11 is 12.5. The lowest BCUT2D eigenvalue weighted by Crippen LogP contribution is -2.58. The molecule has 0 unspecified atom stereocenters. The number of likely N-dealkylation sites (tertiary alicyclic amines) is 1. The van der Waals surface area contributed by atoms with Gasteiger partial charge in [0, 0.05) is 33.4 Å². The van der Waals surface area contributed by atoms with Crippen molar-refractivity contribution in [3.63, 3.8) is 0 Å². The lowest BCUT2D eigenvalue weighted by atomic mass is 9.84. The quantitative estimate of drug-likeness (QED) is 0.754. The van der Waals surface area contributed by atoms with Crippen molar-refractivity contribution < 1.29 is 0 Å². The van der Waals surface area contributed by atoms with E-state index in [-0.39, 0.29) is 5.54 Å². The molecule has 29 heavy (non-hydrogen) atoms. The Hall–Kier alpha value is -2.02. The molecule has 0 saturated carbocycles. The van der Waals surface area contributed by atoms with Crippen LogP contribution in [0.1, 0.15) is 18.4 Å². The summed E-state index contributed by atoms with van der Waals surface area (Å²) in [5.41, 5.74) is 3.79.